The summed E-state index contributed by atoms with van der Waals surface area (Å²) in [5.41, 5.74) is 5.38. The van der Waals surface area contributed by atoms with Gasteiger partial charge in [0.15, 0.2) is 11.6 Å². The summed E-state index contributed by atoms with van der Waals surface area (Å²) >= 11 is 0. The van der Waals surface area contributed by atoms with Gasteiger partial charge in [0, 0.05) is 0 Å². The van der Waals surface area contributed by atoms with Gasteiger partial charge in [-0.05, 0) is 12.2 Å². The van der Waals surface area contributed by atoms with E-state index in [1.165, 1.54) is 6.26 Å². The summed E-state index contributed by atoms with van der Waals surface area (Å²) in [7, 11) is 0. The summed E-state index contributed by atoms with van der Waals surface area (Å²) in [6.45, 7) is 0. The smallest absolute Gasteiger partial charge is 0.186 e. The molecule has 58 valence electrons. The van der Waals surface area contributed by atoms with Gasteiger partial charge in [-0.15, -0.1) is 0 Å². The van der Waals surface area contributed by atoms with E-state index < -0.39 is 0 Å². The van der Waals surface area contributed by atoms with Crippen LogP contribution in [-0.2, 0) is 4.74 Å². The Morgan fingerprint density at radius 1 is 1.36 bits per heavy atom. The first-order valence-corrected chi connectivity index (χ1v) is 3.08. The number of allylic oxidation sites excluding steroid dienone is 4. The van der Waals surface area contributed by atoms with Gasteiger partial charge in [0.25, 0.3) is 0 Å². The summed E-state index contributed by atoms with van der Waals surface area (Å²) in [5, 5.41) is 3.29. The quantitative estimate of drug-likeness (QED) is 0.243. The molecule has 0 amide bonds. The second-order valence-electron chi connectivity index (χ2n) is 1.88. The Morgan fingerprint density at radius 3 is 2.91 bits per heavy atom. The van der Waals surface area contributed by atoms with Gasteiger partial charge in [-0.1, -0.05) is 12.2 Å². The van der Waals surface area contributed by atoms with E-state index in [0.717, 1.165) is 0 Å². The Morgan fingerprint density at radius 2 is 2.18 bits per heavy atom. The number of amidine groups is 1. The molecular weight excluding hydrogens is 142 g/mol. The summed E-state index contributed by atoms with van der Waals surface area (Å²) in [6.07, 6.45) is 8.54. The number of hydrazone groups is 1. The molecule has 0 spiro atoms. The Kier molecular flexibility index (Phi) is 2.32. The van der Waals surface area contributed by atoms with Crippen molar-refractivity contribution in [3.63, 3.8) is 0 Å². The lowest BCUT2D eigenvalue weighted by atomic mass is 10.4. The fraction of sp³-hybridized carbons (Fsp3) is 0. The average Bonchev–Trinajstić information content (AvgIpc) is 2.30. The molecule has 0 bridgehead atoms. The highest BCUT2D eigenvalue weighted by Crippen LogP contribution is 2.02. The molecule has 4 N–H and O–H groups in total. The maximum atomic E-state index is 5.38. The first-order valence-electron chi connectivity index (χ1n) is 3.08. The average molecular weight is 151 g/mol. The topological polar surface area (TPSA) is 73.6 Å². The van der Waals surface area contributed by atoms with Crippen molar-refractivity contribution in [3.05, 3.63) is 36.3 Å². The van der Waals surface area contributed by atoms with E-state index in [1.807, 2.05) is 6.08 Å². The monoisotopic (exact) mass is 151 g/mol. The number of ether oxygens (including phenoxy) is 1. The summed E-state index contributed by atoms with van der Waals surface area (Å²) in [4.78, 5) is 0. The number of nitrogens with zero attached hydrogens (tertiary/aromatic N) is 1. The van der Waals surface area contributed by atoms with Crippen molar-refractivity contribution in [2.45, 2.75) is 0 Å². The van der Waals surface area contributed by atoms with Gasteiger partial charge in [0.05, 0.1) is 6.26 Å². The zero-order valence-corrected chi connectivity index (χ0v) is 5.90. The van der Waals surface area contributed by atoms with Crippen molar-refractivity contribution in [2.24, 2.45) is 16.7 Å². The zero-order chi connectivity index (χ0) is 8.10. The van der Waals surface area contributed by atoms with Gasteiger partial charge < -0.3 is 16.3 Å². The highest BCUT2D eigenvalue weighted by Gasteiger charge is 2.01. The van der Waals surface area contributed by atoms with Gasteiger partial charge in [-0.25, -0.2) is 0 Å². The molecule has 0 aliphatic carbocycles. The number of hydrogen-bond acceptors (Lipinski definition) is 3. The zero-order valence-electron chi connectivity index (χ0n) is 5.90. The van der Waals surface area contributed by atoms with Crippen LogP contribution in [0.15, 0.2) is 41.4 Å². The van der Waals surface area contributed by atoms with Crippen LogP contribution in [-0.4, -0.2) is 5.84 Å². The van der Waals surface area contributed by atoms with Gasteiger partial charge in [-0.2, -0.15) is 5.10 Å². The molecule has 0 aromatic carbocycles. The van der Waals surface area contributed by atoms with Gasteiger partial charge in [0.1, 0.15) is 0 Å². The van der Waals surface area contributed by atoms with Crippen molar-refractivity contribution < 1.29 is 4.74 Å². The number of nitrogens with two attached hydrogens (primary N) is 2. The number of rotatable bonds is 1. The lowest BCUT2D eigenvalue weighted by molar-refractivity contribution is 0.377. The largest absolute Gasteiger partial charge is 0.461 e. The van der Waals surface area contributed by atoms with Gasteiger partial charge >= 0.3 is 0 Å². The van der Waals surface area contributed by atoms with Crippen molar-refractivity contribution in [1.82, 2.24) is 0 Å². The molecule has 0 aromatic rings. The van der Waals surface area contributed by atoms with Crippen LogP contribution >= 0.6 is 0 Å². The minimum absolute atomic E-state index is 0.182. The molecule has 0 saturated heterocycles. The van der Waals surface area contributed by atoms with E-state index in [4.69, 9.17) is 16.3 Å². The third-order valence-corrected chi connectivity index (χ3v) is 1.13. The Labute approximate surface area is 64.5 Å². The molecule has 4 heteroatoms. The van der Waals surface area contributed by atoms with Crippen LogP contribution in [0.3, 0.4) is 0 Å². The maximum absolute atomic E-state index is 5.38. The Bertz CT molecular complexity index is 250. The van der Waals surface area contributed by atoms with E-state index in [2.05, 4.69) is 5.10 Å². The van der Waals surface area contributed by atoms with Gasteiger partial charge in [-0.3, -0.25) is 0 Å². The molecule has 4 nitrogen and oxygen atoms in total. The van der Waals surface area contributed by atoms with Crippen LogP contribution in [0.5, 0.6) is 0 Å². The molecule has 1 aliphatic rings. The molecule has 0 fully saturated rings. The molecule has 0 aromatic heterocycles. The standard InChI is InChI=1S/C7H9N3O/c8-7(10-9)6-4-2-1-3-5-11-6/h1-5H,9H2,(H2,8,10). The molecule has 0 atom stereocenters. The van der Waals surface area contributed by atoms with E-state index >= 15 is 0 Å². The highest BCUT2D eigenvalue weighted by molar-refractivity contribution is 5.95. The molecule has 1 aliphatic heterocycles. The first-order chi connectivity index (χ1) is 5.34. The third kappa shape index (κ3) is 1.86. The summed E-state index contributed by atoms with van der Waals surface area (Å²) in [6, 6.07) is 0. The minimum atomic E-state index is 0.182. The van der Waals surface area contributed by atoms with E-state index in [9.17, 15) is 0 Å². The SMILES string of the molecule is NN=C(N)C1=CC=CC=CO1. The molecule has 1 rings (SSSR count). The van der Waals surface area contributed by atoms with Crippen molar-refractivity contribution in [3.8, 4) is 0 Å². The first kappa shape index (κ1) is 7.40. The molecule has 11 heavy (non-hydrogen) atoms. The minimum Gasteiger partial charge on any atom is -0.461 e. The van der Waals surface area contributed by atoms with Gasteiger partial charge in [0.2, 0.25) is 0 Å². The second kappa shape index (κ2) is 3.46. The van der Waals surface area contributed by atoms with Crippen LogP contribution in [0.4, 0.5) is 0 Å². The Hall–Kier alpha value is -1.71. The van der Waals surface area contributed by atoms with Crippen LogP contribution in [0.25, 0.3) is 0 Å². The van der Waals surface area contributed by atoms with Crippen LogP contribution in [0.2, 0.25) is 0 Å². The van der Waals surface area contributed by atoms with E-state index in [0.29, 0.717) is 5.76 Å². The molecule has 1 heterocycles. The molecule has 0 radical (unpaired) electrons. The Balaban J connectivity index is 2.80. The summed E-state index contributed by atoms with van der Waals surface area (Å²) in [5.74, 6) is 5.59. The molecular formula is C7H9N3O. The third-order valence-electron chi connectivity index (χ3n) is 1.13. The van der Waals surface area contributed by atoms with Crippen molar-refractivity contribution in [1.29, 1.82) is 0 Å². The lowest BCUT2D eigenvalue weighted by Gasteiger charge is -2.01. The predicted octanol–water partition coefficient (Wildman–Crippen LogP) is 0.201. The molecule has 0 unspecified atom stereocenters. The normalized spacial score (nSPS) is 17.1. The van der Waals surface area contributed by atoms with E-state index in [1.54, 1.807) is 18.2 Å². The highest BCUT2D eigenvalue weighted by atomic mass is 16.5. The maximum Gasteiger partial charge on any atom is 0.186 e. The van der Waals surface area contributed by atoms with Crippen LogP contribution < -0.4 is 11.6 Å². The van der Waals surface area contributed by atoms with E-state index in [-0.39, 0.29) is 5.84 Å². The lowest BCUT2D eigenvalue weighted by Crippen LogP contribution is -2.17. The second-order valence-corrected chi connectivity index (χ2v) is 1.88. The van der Waals surface area contributed by atoms with Crippen LogP contribution in [0.1, 0.15) is 0 Å². The summed E-state index contributed by atoms with van der Waals surface area (Å²) < 4.78 is 5.04. The van der Waals surface area contributed by atoms with Crippen LogP contribution in [0, 0.1) is 0 Å². The fourth-order valence-electron chi connectivity index (χ4n) is 0.614. The van der Waals surface area contributed by atoms with Crippen molar-refractivity contribution in [2.75, 3.05) is 0 Å². The fourth-order valence-corrected chi connectivity index (χ4v) is 0.614. The predicted molar refractivity (Wildman–Crippen MR) is 43.3 cm³/mol. The number of hydrogen-bond donors (Lipinski definition) is 2. The molecule has 0 saturated carbocycles. The van der Waals surface area contributed by atoms with Crippen molar-refractivity contribution >= 4 is 5.84 Å².